The van der Waals surface area contributed by atoms with Crippen molar-refractivity contribution < 1.29 is 9.47 Å². The average molecular weight is 248 g/mol. The van der Waals surface area contributed by atoms with E-state index in [0.717, 1.165) is 18.7 Å². The van der Waals surface area contributed by atoms with E-state index in [1.54, 1.807) is 14.2 Å². The van der Waals surface area contributed by atoms with E-state index in [0.29, 0.717) is 17.3 Å². The van der Waals surface area contributed by atoms with Gasteiger partial charge in [0.1, 0.15) is 5.84 Å². The topological polar surface area (TPSA) is 45.5 Å². The summed E-state index contributed by atoms with van der Waals surface area (Å²) in [7, 11) is 3.24. The quantitative estimate of drug-likeness (QED) is 0.660. The van der Waals surface area contributed by atoms with Crippen LogP contribution in [0, 0.1) is 5.41 Å². The van der Waals surface area contributed by atoms with Crippen LogP contribution in [0.15, 0.2) is 18.2 Å². The van der Waals surface area contributed by atoms with Crippen LogP contribution in [0.25, 0.3) is 0 Å². The zero-order chi connectivity index (χ0) is 13.0. The van der Waals surface area contributed by atoms with Crippen molar-refractivity contribution in [3.05, 3.63) is 23.8 Å². The summed E-state index contributed by atoms with van der Waals surface area (Å²) in [6.07, 6.45) is 3.63. The summed E-state index contributed by atoms with van der Waals surface area (Å²) in [5.74, 6) is 1.96. The number of hydrogen-bond donors (Lipinski definition) is 1. The smallest absolute Gasteiger partial charge is 0.161 e. The standard InChI is InChI=1S/C14H20N2O2/c1-17-12-7-6-11(10-13(12)18-2)14(15)16-8-4-3-5-9-16/h6-7,10,15H,3-5,8-9H2,1-2H3. The van der Waals surface area contributed by atoms with Crippen LogP contribution >= 0.6 is 0 Å². The number of benzene rings is 1. The van der Waals surface area contributed by atoms with E-state index in [1.165, 1.54) is 19.3 Å². The van der Waals surface area contributed by atoms with E-state index >= 15 is 0 Å². The highest BCUT2D eigenvalue weighted by Gasteiger charge is 2.16. The Morgan fingerprint density at radius 2 is 1.72 bits per heavy atom. The van der Waals surface area contributed by atoms with Gasteiger partial charge < -0.3 is 14.4 Å². The second-order valence-corrected chi connectivity index (χ2v) is 4.47. The molecule has 1 N–H and O–H groups in total. The molecule has 0 bridgehead atoms. The molecule has 98 valence electrons. The molecule has 0 aromatic heterocycles. The number of nitrogens with zero attached hydrogens (tertiary/aromatic N) is 1. The predicted octanol–water partition coefficient (Wildman–Crippen LogP) is 2.52. The summed E-state index contributed by atoms with van der Waals surface area (Å²) in [6, 6.07) is 5.64. The Balaban J connectivity index is 2.19. The van der Waals surface area contributed by atoms with Crippen LogP contribution in [0.1, 0.15) is 24.8 Å². The number of likely N-dealkylation sites (tertiary alicyclic amines) is 1. The van der Waals surface area contributed by atoms with Crippen LogP contribution in [0.3, 0.4) is 0 Å². The highest BCUT2D eigenvalue weighted by molar-refractivity contribution is 5.97. The van der Waals surface area contributed by atoms with Gasteiger partial charge in [0, 0.05) is 18.7 Å². The van der Waals surface area contributed by atoms with Gasteiger partial charge in [-0.05, 0) is 37.5 Å². The van der Waals surface area contributed by atoms with E-state index in [9.17, 15) is 0 Å². The fourth-order valence-electron chi connectivity index (χ4n) is 2.28. The van der Waals surface area contributed by atoms with Gasteiger partial charge in [-0.2, -0.15) is 0 Å². The van der Waals surface area contributed by atoms with E-state index in [2.05, 4.69) is 4.90 Å². The monoisotopic (exact) mass is 248 g/mol. The first kappa shape index (κ1) is 12.7. The Kier molecular flexibility index (Phi) is 4.07. The summed E-state index contributed by atoms with van der Waals surface area (Å²) in [5, 5.41) is 8.25. The summed E-state index contributed by atoms with van der Waals surface area (Å²) in [6.45, 7) is 1.96. The zero-order valence-corrected chi connectivity index (χ0v) is 11.0. The van der Waals surface area contributed by atoms with E-state index in [-0.39, 0.29) is 0 Å². The minimum atomic E-state index is 0.579. The highest BCUT2D eigenvalue weighted by atomic mass is 16.5. The number of piperidine rings is 1. The van der Waals surface area contributed by atoms with Crippen molar-refractivity contribution in [3.8, 4) is 11.5 Å². The summed E-state index contributed by atoms with van der Waals surface area (Å²) < 4.78 is 10.5. The van der Waals surface area contributed by atoms with Crippen LogP contribution in [0.4, 0.5) is 0 Å². The first-order valence-corrected chi connectivity index (χ1v) is 6.32. The lowest BCUT2D eigenvalue weighted by molar-refractivity contribution is 0.340. The van der Waals surface area contributed by atoms with Crippen molar-refractivity contribution in [3.63, 3.8) is 0 Å². The van der Waals surface area contributed by atoms with Gasteiger partial charge in [0.2, 0.25) is 0 Å². The van der Waals surface area contributed by atoms with Crippen LogP contribution in [-0.4, -0.2) is 38.0 Å². The van der Waals surface area contributed by atoms with Crippen LogP contribution in [0.2, 0.25) is 0 Å². The molecule has 1 aromatic rings. The second-order valence-electron chi connectivity index (χ2n) is 4.47. The first-order valence-electron chi connectivity index (χ1n) is 6.32. The lowest BCUT2D eigenvalue weighted by Gasteiger charge is -2.29. The molecule has 1 fully saturated rings. The largest absolute Gasteiger partial charge is 0.493 e. The van der Waals surface area contributed by atoms with Crippen molar-refractivity contribution in [1.29, 1.82) is 5.41 Å². The van der Waals surface area contributed by atoms with Crippen molar-refractivity contribution in [2.45, 2.75) is 19.3 Å². The zero-order valence-electron chi connectivity index (χ0n) is 11.0. The van der Waals surface area contributed by atoms with E-state index in [4.69, 9.17) is 14.9 Å². The first-order chi connectivity index (χ1) is 8.76. The molecule has 1 aliphatic heterocycles. The summed E-state index contributed by atoms with van der Waals surface area (Å²) >= 11 is 0. The molecule has 2 rings (SSSR count). The number of hydrogen-bond acceptors (Lipinski definition) is 3. The van der Waals surface area contributed by atoms with Gasteiger partial charge in [0.15, 0.2) is 11.5 Å². The molecule has 1 aromatic carbocycles. The molecule has 0 saturated carbocycles. The Labute approximate surface area is 108 Å². The molecule has 0 aliphatic carbocycles. The second kappa shape index (κ2) is 5.76. The third kappa shape index (κ3) is 2.58. The minimum Gasteiger partial charge on any atom is -0.493 e. The average Bonchev–Trinajstić information content (AvgIpc) is 2.46. The van der Waals surface area contributed by atoms with Crippen LogP contribution in [-0.2, 0) is 0 Å². The van der Waals surface area contributed by atoms with Gasteiger partial charge in [-0.25, -0.2) is 0 Å². The number of amidine groups is 1. The van der Waals surface area contributed by atoms with Crippen LogP contribution < -0.4 is 9.47 Å². The fourth-order valence-corrected chi connectivity index (χ4v) is 2.28. The van der Waals surface area contributed by atoms with Gasteiger partial charge in [0.05, 0.1) is 14.2 Å². The maximum atomic E-state index is 8.25. The normalized spacial score (nSPS) is 15.3. The van der Waals surface area contributed by atoms with E-state index in [1.807, 2.05) is 18.2 Å². The summed E-state index contributed by atoms with van der Waals surface area (Å²) in [4.78, 5) is 2.13. The molecule has 0 unspecified atom stereocenters. The molecule has 4 heteroatoms. The van der Waals surface area contributed by atoms with Crippen molar-refractivity contribution >= 4 is 5.84 Å². The third-order valence-electron chi connectivity index (χ3n) is 3.33. The van der Waals surface area contributed by atoms with Crippen molar-refractivity contribution in [1.82, 2.24) is 4.90 Å². The van der Waals surface area contributed by atoms with Crippen molar-refractivity contribution in [2.75, 3.05) is 27.3 Å². The molecule has 4 nitrogen and oxygen atoms in total. The van der Waals surface area contributed by atoms with Crippen molar-refractivity contribution in [2.24, 2.45) is 0 Å². The number of ether oxygens (including phenoxy) is 2. The van der Waals surface area contributed by atoms with Gasteiger partial charge in [-0.3, -0.25) is 5.41 Å². The molecule has 18 heavy (non-hydrogen) atoms. The Hall–Kier alpha value is -1.71. The summed E-state index contributed by atoms with van der Waals surface area (Å²) in [5.41, 5.74) is 0.884. The molecule has 0 amide bonds. The number of rotatable bonds is 3. The molecule has 0 atom stereocenters. The molecule has 1 saturated heterocycles. The molecular weight excluding hydrogens is 228 g/mol. The lowest BCUT2D eigenvalue weighted by atomic mass is 10.1. The molecule has 1 heterocycles. The maximum absolute atomic E-state index is 8.25. The van der Waals surface area contributed by atoms with Gasteiger partial charge in [-0.1, -0.05) is 0 Å². The predicted molar refractivity (Wildman–Crippen MR) is 71.8 cm³/mol. The molecule has 1 aliphatic rings. The third-order valence-corrected chi connectivity index (χ3v) is 3.33. The molecule has 0 radical (unpaired) electrons. The Bertz CT molecular complexity index is 426. The lowest BCUT2D eigenvalue weighted by Crippen LogP contribution is -2.35. The Morgan fingerprint density at radius 1 is 1.06 bits per heavy atom. The Morgan fingerprint density at radius 3 is 2.33 bits per heavy atom. The number of nitrogens with one attached hydrogen (secondary N) is 1. The van der Waals surface area contributed by atoms with Gasteiger partial charge in [0.25, 0.3) is 0 Å². The number of methoxy groups -OCH3 is 2. The fraction of sp³-hybridized carbons (Fsp3) is 0.500. The highest BCUT2D eigenvalue weighted by Crippen LogP contribution is 2.28. The van der Waals surface area contributed by atoms with Gasteiger partial charge in [-0.15, -0.1) is 0 Å². The maximum Gasteiger partial charge on any atom is 0.161 e. The molecule has 0 spiro atoms. The van der Waals surface area contributed by atoms with Gasteiger partial charge >= 0.3 is 0 Å². The minimum absolute atomic E-state index is 0.579. The SMILES string of the molecule is COc1ccc(C(=N)N2CCCCC2)cc1OC. The van der Waals surface area contributed by atoms with E-state index < -0.39 is 0 Å². The molecular formula is C14H20N2O2. The van der Waals surface area contributed by atoms with Crippen LogP contribution in [0.5, 0.6) is 11.5 Å².